The lowest BCUT2D eigenvalue weighted by Crippen LogP contribution is -2.51. The summed E-state index contributed by atoms with van der Waals surface area (Å²) in [5, 5.41) is 0. The van der Waals surface area contributed by atoms with Gasteiger partial charge in [-0.05, 0) is 44.6 Å². The van der Waals surface area contributed by atoms with Gasteiger partial charge in [-0.1, -0.05) is 19.1 Å². The molecule has 0 bridgehead atoms. The molecule has 3 heteroatoms. The summed E-state index contributed by atoms with van der Waals surface area (Å²) >= 11 is 0. The van der Waals surface area contributed by atoms with E-state index in [0.29, 0.717) is 6.54 Å². The third kappa shape index (κ3) is 3.03. The van der Waals surface area contributed by atoms with E-state index in [4.69, 9.17) is 5.73 Å². The molecule has 1 atom stereocenters. The second-order valence-electron chi connectivity index (χ2n) is 4.52. The van der Waals surface area contributed by atoms with Crippen LogP contribution in [-0.2, 0) is 6.42 Å². The first-order valence-corrected chi connectivity index (χ1v) is 5.67. The van der Waals surface area contributed by atoms with Crippen molar-refractivity contribution in [3.63, 3.8) is 0 Å². The van der Waals surface area contributed by atoms with Crippen molar-refractivity contribution >= 4 is 0 Å². The van der Waals surface area contributed by atoms with Gasteiger partial charge >= 0.3 is 0 Å². The summed E-state index contributed by atoms with van der Waals surface area (Å²) in [6.45, 7) is 5.79. The van der Waals surface area contributed by atoms with Crippen LogP contribution in [0.1, 0.15) is 19.4 Å². The van der Waals surface area contributed by atoms with Crippen LogP contribution in [0.25, 0.3) is 0 Å². The van der Waals surface area contributed by atoms with E-state index in [0.717, 1.165) is 18.5 Å². The monoisotopic (exact) mass is 224 g/mol. The van der Waals surface area contributed by atoms with Gasteiger partial charge in [0, 0.05) is 12.1 Å². The normalized spacial score (nSPS) is 15.1. The Labute approximate surface area is 97.3 Å². The molecule has 0 aromatic heterocycles. The number of nitrogens with zero attached hydrogens (tertiary/aromatic N) is 1. The first-order valence-electron chi connectivity index (χ1n) is 5.67. The Morgan fingerprint density at radius 1 is 1.31 bits per heavy atom. The summed E-state index contributed by atoms with van der Waals surface area (Å²) in [7, 11) is 2.07. The molecule has 0 radical (unpaired) electrons. The Balaban J connectivity index is 2.80. The number of halogens is 1. The van der Waals surface area contributed by atoms with Crippen molar-refractivity contribution in [1.82, 2.24) is 4.90 Å². The number of hydrogen-bond donors (Lipinski definition) is 1. The van der Waals surface area contributed by atoms with Crippen molar-refractivity contribution in [2.75, 3.05) is 20.1 Å². The molecule has 2 nitrogen and oxygen atoms in total. The lowest BCUT2D eigenvalue weighted by atomic mass is 9.91. The molecule has 0 spiro atoms. The highest BCUT2D eigenvalue weighted by Gasteiger charge is 2.26. The zero-order valence-corrected chi connectivity index (χ0v) is 10.3. The SMILES string of the molecule is CCN(C)C(C)(CN)Cc1ccc(F)cc1. The molecular weight excluding hydrogens is 203 g/mol. The molecule has 0 aliphatic rings. The Morgan fingerprint density at radius 3 is 2.31 bits per heavy atom. The van der Waals surface area contributed by atoms with Gasteiger partial charge in [0.25, 0.3) is 0 Å². The predicted molar refractivity (Wildman–Crippen MR) is 65.9 cm³/mol. The van der Waals surface area contributed by atoms with Gasteiger partial charge in [-0.15, -0.1) is 0 Å². The van der Waals surface area contributed by atoms with Gasteiger partial charge in [-0.2, -0.15) is 0 Å². The number of nitrogens with two attached hydrogens (primary N) is 1. The van der Waals surface area contributed by atoms with Gasteiger partial charge in [0.05, 0.1) is 0 Å². The third-order valence-corrected chi connectivity index (χ3v) is 3.33. The minimum Gasteiger partial charge on any atom is -0.329 e. The predicted octanol–water partition coefficient (Wildman–Crippen LogP) is 2.04. The molecule has 1 rings (SSSR count). The van der Waals surface area contributed by atoms with Crippen LogP contribution >= 0.6 is 0 Å². The summed E-state index contributed by atoms with van der Waals surface area (Å²) < 4.78 is 12.8. The Bertz CT molecular complexity index is 323. The van der Waals surface area contributed by atoms with Crippen LogP contribution in [0.5, 0.6) is 0 Å². The Morgan fingerprint density at radius 2 is 1.88 bits per heavy atom. The summed E-state index contributed by atoms with van der Waals surface area (Å²) in [6, 6.07) is 6.65. The largest absolute Gasteiger partial charge is 0.329 e. The molecule has 2 N–H and O–H groups in total. The maximum Gasteiger partial charge on any atom is 0.123 e. The fraction of sp³-hybridized carbons (Fsp3) is 0.538. The van der Waals surface area contributed by atoms with Crippen LogP contribution in [0.15, 0.2) is 24.3 Å². The lowest BCUT2D eigenvalue weighted by molar-refractivity contribution is 0.152. The second kappa shape index (κ2) is 5.41. The summed E-state index contributed by atoms with van der Waals surface area (Å²) in [5.41, 5.74) is 6.90. The van der Waals surface area contributed by atoms with Gasteiger partial charge in [0.15, 0.2) is 0 Å². The van der Waals surface area contributed by atoms with Gasteiger partial charge in [0.2, 0.25) is 0 Å². The molecule has 0 aliphatic heterocycles. The fourth-order valence-electron chi connectivity index (χ4n) is 1.79. The van der Waals surface area contributed by atoms with Crippen LogP contribution in [0.3, 0.4) is 0 Å². The first-order chi connectivity index (χ1) is 7.51. The maximum absolute atomic E-state index is 12.8. The lowest BCUT2D eigenvalue weighted by Gasteiger charge is -2.37. The molecule has 1 aromatic carbocycles. The van der Waals surface area contributed by atoms with Crippen molar-refractivity contribution in [3.05, 3.63) is 35.6 Å². The maximum atomic E-state index is 12.8. The third-order valence-electron chi connectivity index (χ3n) is 3.33. The number of hydrogen-bond acceptors (Lipinski definition) is 2. The number of likely N-dealkylation sites (N-methyl/N-ethyl adjacent to an activating group) is 1. The zero-order chi connectivity index (χ0) is 12.2. The van der Waals surface area contributed by atoms with E-state index in [-0.39, 0.29) is 11.4 Å². The van der Waals surface area contributed by atoms with Crippen molar-refractivity contribution in [3.8, 4) is 0 Å². The number of rotatable bonds is 5. The van der Waals surface area contributed by atoms with E-state index in [1.54, 1.807) is 0 Å². The van der Waals surface area contributed by atoms with E-state index in [1.165, 1.54) is 12.1 Å². The van der Waals surface area contributed by atoms with Crippen molar-refractivity contribution in [2.45, 2.75) is 25.8 Å². The highest BCUT2D eigenvalue weighted by Crippen LogP contribution is 2.18. The van der Waals surface area contributed by atoms with E-state index in [2.05, 4.69) is 25.8 Å². The summed E-state index contributed by atoms with van der Waals surface area (Å²) in [4.78, 5) is 2.23. The van der Waals surface area contributed by atoms with Gasteiger partial charge in [-0.25, -0.2) is 4.39 Å². The molecule has 0 saturated carbocycles. The van der Waals surface area contributed by atoms with Crippen LogP contribution in [0.2, 0.25) is 0 Å². The minimum absolute atomic E-state index is 0.0629. The highest BCUT2D eigenvalue weighted by molar-refractivity contribution is 5.19. The van der Waals surface area contributed by atoms with Crippen LogP contribution in [0, 0.1) is 5.82 Å². The zero-order valence-electron chi connectivity index (χ0n) is 10.3. The van der Waals surface area contributed by atoms with E-state index in [9.17, 15) is 4.39 Å². The van der Waals surface area contributed by atoms with Crippen molar-refractivity contribution in [1.29, 1.82) is 0 Å². The van der Waals surface area contributed by atoms with Gasteiger partial charge in [0.1, 0.15) is 5.82 Å². The molecule has 0 saturated heterocycles. The van der Waals surface area contributed by atoms with Crippen LogP contribution in [-0.4, -0.2) is 30.6 Å². The number of benzene rings is 1. The molecule has 0 aliphatic carbocycles. The summed E-state index contributed by atoms with van der Waals surface area (Å²) in [6.07, 6.45) is 0.841. The van der Waals surface area contributed by atoms with Crippen LogP contribution in [0.4, 0.5) is 4.39 Å². The Hall–Kier alpha value is -0.930. The highest BCUT2D eigenvalue weighted by atomic mass is 19.1. The minimum atomic E-state index is -0.193. The van der Waals surface area contributed by atoms with Crippen LogP contribution < -0.4 is 5.73 Å². The van der Waals surface area contributed by atoms with Crippen molar-refractivity contribution in [2.24, 2.45) is 5.73 Å². The molecule has 1 unspecified atom stereocenters. The molecule has 0 amide bonds. The van der Waals surface area contributed by atoms with E-state index in [1.807, 2.05) is 12.1 Å². The molecule has 16 heavy (non-hydrogen) atoms. The quantitative estimate of drug-likeness (QED) is 0.829. The smallest absolute Gasteiger partial charge is 0.123 e. The van der Waals surface area contributed by atoms with Crippen molar-refractivity contribution < 1.29 is 4.39 Å². The average Bonchev–Trinajstić information content (AvgIpc) is 2.31. The molecule has 90 valence electrons. The Kier molecular flexibility index (Phi) is 4.44. The van der Waals surface area contributed by atoms with E-state index < -0.39 is 0 Å². The standard InChI is InChI=1S/C13H21FN2/c1-4-16(3)13(2,10-15)9-11-5-7-12(14)8-6-11/h5-8H,4,9-10,15H2,1-3H3. The molecule has 1 aromatic rings. The fourth-order valence-corrected chi connectivity index (χ4v) is 1.79. The topological polar surface area (TPSA) is 29.3 Å². The summed E-state index contributed by atoms with van der Waals surface area (Å²) in [5.74, 6) is -0.193. The second-order valence-corrected chi connectivity index (χ2v) is 4.52. The molecule has 0 fully saturated rings. The van der Waals surface area contributed by atoms with Gasteiger partial charge < -0.3 is 5.73 Å². The molecular formula is C13H21FN2. The van der Waals surface area contributed by atoms with Gasteiger partial charge in [-0.3, -0.25) is 4.90 Å². The first kappa shape index (κ1) is 13.1. The average molecular weight is 224 g/mol. The molecule has 0 heterocycles. The van der Waals surface area contributed by atoms with E-state index >= 15 is 0 Å².